The fraction of sp³-hybridized carbons (Fsp3) is 0.529. The van der Waals surface area contributed by atoms with Gasteiger partial charge < -0.3 is 14.7 Å². The van der Waals surface area contributed by atoms with Gasteiger partial charge in [0, 0.05) is 18.7 Å². The molecule has 5 nitrogen and oxygen atoms in total. The van der Waals surface area contributed by atoms with Crippen LogP contribution >= 0.6 is 0 Å². The fourth-order valence-corrected chi connectivity index (χ4v) is 2.72. The topological polar surface area (TPSA) is 66.8 Å². The van der Waals surface area contributed by atoms with Gasteiger partial charge in [-0.1, -0.05) is 0 Å². The third kappa shape index (κ3) is 3.59. The van der Waals surface area contributed by atoms with E-state index in [4.69, 9.17) is 9.84 Å². The lowest BCUT2D eigenvalue weighted by Gasteiger charge is -2.25. The molecule has 0 radical (unpaired) electrons. The molecule has 0 saturated heterocycles. The first-order chi connectivity index (χ1) is 10.3. The molecular formula is C17H23NO4. The molecule has 1 N–H and O–H groups in total. The second-order valence-corrected chi connectivity index (χ2v) is 6.12. The minimum atomic E-state index is -1.02. The van der Waals surface area contributed by atoms with E-state index >= 15 is 0 Å². The number of carbonyl (C=O) groups is 2. The Hall–Kier alpha value is -2.04. The number of carboxylic acids is 1. The SMILES string of the molecule is Cc1cc(C(=O)N(C)C(C)C2CC2)cc(C)c1OCC(=O)O. The molecule has 0 bridgehead atoms. The summed E-state index contributed by atoms with van der Waals surface area (Å²) < 4.78 is 5.30. The predicted molar refractivity (Wildman–Crippen MR) is 83.3 cm³/mol. The van der Waals surface area contributed by atoms with Crippen molar-refractivity contribution in [2.45, 2.75) is 39.7 Å². The molecule has 1 aromatic carbocycles. The molecule has 1 aromatic rings. The number of aliphatic carboxylic acids is 1. The fourth-order valence-electron chi connectivity index (χ4n) is 2.72. The molecule has 1 aliphatic rings. The highest BCUT2D eigenvalue weighted by atomic mass is 16.5. The van der Waals surface area contributed by atoms with Crippen molar-refractivity contribution >= 4 is 11.9 Å². The Morgan fingerprint density at radius 1 is 1.32 bits per heavy atom. The zero-order chi connectivity index (χ0) is 16.4. The Labute approximate surface area is 130 Å². The van der Waals surface area contributed by atoms with Gasteiger partial charge in [-0.2, -0.15) is 0 Å². The van der Waals surface area contributed by atoms with Gasteiger partial charge in [0.05, 0.1) is 0 Å². The molecule has 120 valence electrons. The number of carboxylic acid groups (broad SMARTS) is 1. The molecule has 1 amide bonds. The van der Waals surface area contributed by atoms with E-state index in [0.29, 0.717) is 17.2 Å². The van der Waals surface area contributed by atoms with Crippen LogP contribution < -0.4 is 4.74 Å². The molecule has 5 heteroatoms. The van der Waals surface area contributed by atoms with Crippen molar-refractivity contribution in [2.24, 2.45) is 5.92 Å². The Bertz CT molecular complexity index is 569. The lowest BCUT2D eigenvalue weighted by atomic mass is 10.0. The Balaban J connectivity index is 2.17. The standard InChI is InChI=1S/C17H23NO4/c1-10-7-14(8-11(2)16(10)22-9-15(19)20)17(21)18(4)12(3)13-5-6-13/h7-8,12-13H,5-6,9H2,1-4H3,(H,19,20). The van der Waals surface area contributed by atoms with E-state index in [1.165, 1.54) is 12.8 Å². The van der Waals surface area contributed by atoms with Crippen molar-refractivity contribution in [3.8, 4) is 5.75 Å². The summed E-state index contributed by atoms with van der Waals surface area (Å²) in [6, 6.07) is 3.78. The van der Waals surface area contributed by atoms with Gasteiger partial charge in [-0.3, -0.25) is 4.79 Å². The normalized spacial score (nSPS) is 15.3. The first kappa shape index (κ1) is 16.3. The summed E-state index contributed by atoms with van der Waals surface area (Å²) in [4.78, 5) is 25.0. The van der Waals surface area contributed by atoms with Gasteiger partial charge in [0.1, 0.15) is 5.75 Å². The lowest BCUT2D eigenvalue weighted by Crippen LogP contribution is -2.36. The van der Waals surface area contributed by atoms with Gasteiger partial charge in [-0.05, 0) is 62.8 Å². The number of aryl methyl sites for hydroxylation is 2. The largest absolute Gasteiger partial charge is 0.481 e. The van der Waals surface area contributed by atoms with E-state index in [1.807, 2.05) is 20.9 Å². The van der Waals surface area contributed by atoms with Crippen LogP contribution in [0, 0.1) is 19.8 Å². The molecule has 1 fully saturated rings. The molecule has 0 spiro atoms. The average Bonchev–Trinajstić information content (AvgIpc) is 3.28. The maximum atomic E-state index is 12.6. The summed E-state index contributed by atoms with van der Waals surface area (Å²) >= 11 is 0. The van der Waals surface area contributed by atoms with Crippen molar-refractivity contribution in [1.29, 1.82) is 0 Å². The van der Waals surface area contributed by atoms with Crippen LogP contribution in [0.15, 0.2) is 12.1 Å². The summed E-state index contributed by atoms with van der Waals surface area (Å²) in [5.41, 5.74) is 2.17. The third-order valence-corrected chi connectivity index (χ3v) is 4.28. The minimum absolute atomic E-state index is 0.00427. The maximum absolute atomic E-state index is 12.6. The van der Waals surface area contributed by atoms with Crippen LogP contribution in [0.25, 0.3) is 0 Å². The number of hydrogen-bond acceptors (Lipinski definition) is 3. The van der Waals surface area contributed by atoms with E-state index < -0.39 is 5.97 Å². The van der Waals surface area contributed by atoms with Crippen molar-refractivity contribution < 1.29 is 19.4 Å². The summed E-state index contributed by atoms with van der Waals surface area (Å²) in [5, 5.41) is 8.71. The van der Waals surface area contributed by atoms with Gasteiger partial charge >= 0.3 is 5.97 Å². The maximum Gasteiger partial charge on any atom is 0.341 e. The highest BCUT2D eigenvalue weighted by Gasteiger charge is 2.32. The molecule has 2 rings (SSSR count). The quantitative estimate of drug-likeness (QED) is 0.877. The van der Waals surface area contributed by atoms with E-state index in [-0.39, 0.29) is 18.6 Å². The molecule has 0 aliphatic heterocycles. The van der Waals surface area contributed by atoms with Crippen LogP contribution in [0.4, 0.5) is 0 Å². The van der Waals surface area contributed by atoms with Gasteiger partial charge in [0.15, 0.2) is 6.61 Å². The van der Waals surface area contributed by atoms with E-state index in [9.17, 15) is 9.59 Å². The van der Waals surface area contributed by atoms with Gasteiger partial charge in [0.2, 0.25) is 0 Å². The zero-order valence-electron chi connectivity index (χ0n) is 13.5. The number of hydrogen-bond donors (Lipinski definition) is 1. The van der Waals surface area contributed by atoms with Crippen LogP contribution in [-0.4, -0.2) is 41.6 Å². The van der Waals surface area contributed by atoms with Crippen LogP contribution in [0.3, 0.4) is 0 Å². The summed E-state index contributed by atoms with van der Waals surface area (Å²) in [5.74, 6) is 0.137. The molecular weight excluding hydrogens is 282 g/mol. The molecule has 1 saturated carbocycles. The van der Waals surface area contributed by atoms with Gasteiger partial charge in [-0.25, -0.2) is 4.79 Å². The summed E-state index contributed by atoms with van der Waals surface area (Å²) in [6.07, 6.45) is 2.39. The third-order valence-electron chi connectivity index (χ3n) is 4.28. The smallest absolute Gasteiger partial charge is 0.341 e. The highest BCUT2D eigenvalue weighted by Crippen LogP contribution is 2.35. The lowest BCUT2D eigenvalue weighted by molar-refractivity contribution is -0.139. The molecule has 0 heterocycles. The Morgan fingerprint density at radius 3 is 2.32 bits per heavy atom. The first-order valence-corrected chi connectivity index (χ1v) is 7.54. The number of rotatable bonds is 6. The number of ether oxygens (including phenoxy) is 1. The molecule has 1 atom stereocenters. The number of carbonyl (C=O) groups excluding carboxylic acids is 1. The van der Waals surface area contributed by atoms with E-state index in [0.717, 1.165) is 11.1 Å². The van der Waals surface area contributed by atoms with Crippen molar-refractivity contribution in [3.63, 3.8) is 0 Å². The molecule has 1 aliphatic carbocycles. The number of nitrogens with zero attached hydrogens (tertiary/aromatic N) is 1. The monoisotopic (exact) mass is 305 g/mol. The van der Waals surface area contributed by atoms with Crippen molar-refractivity contribution in [1.82, 2.24) is 4.90 Å². The number of amides is 1. The van der Waals surface area contributed by atoms with Gasteiger partial charge in [0.25, 0.3) is 5.91 Å². The van der Waals surface area contributed by atoms with Crippen LogP contribution in [0.2, 0.25) is 0 Å². The van der Waals surface area contributed by atoms with Crippen molar-refractivity contribution in [3.05, 3.63) is 28.8 Å². The second-order valence-electron chi connectivity index (χ2n) is 6.12. The number of benzene rings is 1. The Morgan fingerprint density at radius 2 is 1.86 bits per heavy atom. The zero-order valence-corrected chi connectivity index (χ0v) is 13.5. The Kier molecular flexibility index (Phi) is 4.74. The van der Waals surface area contributed by atoms with Gasteiger partial charge in [-0.15, -0.1) is 0 Å². The first-order valence-electron chi connectivity index (χ1n) is 7.54. The summed E-state index contributed by atoms with van der Waals surface area (Å²) in [6.45, 7) is 5.35. The molecule has 22 heavy (non-hydrogen) atoms. The summed E-state index contributed by atoms with van der Waals surface area (Å²) in [7, 11) is 1.84. The van der Waals surface area contributed by atoms with Crippen molar-refractivity contribution in [2.75, 3.05) is 13.7 Å². The average molecular weight is 305 g/mol. The van der Waals surface area contributed by atoms with E-state index in [2.05, 4.69) is 6.92 Å². The van der Waals surface area contributed by atoms with Crippen LogP contribution in [0.5, 0.6) is 5.75 Å². The highest BCUT2D eigenvalue weighted by molar-refractivity contribution is 5.95. The predicted octanol–water partition coefficient (Wildman–Crippen LogP) is 2.64. The second kappa shape index (κ2) is 6.38. The molecule has 0 aromatic heterocycles. The minimum Gasteiger partial charge on any atom is -0.481 e. The van der Waals surface area contributed by atoms with Crippen LogP contribution in [0.1, 0.15) is 41.3 Å². The van der Waals surface area contributed by atoms with E-state index in [1.54, 1.807) is 17.0 Å². The molecule has 1 unspecified atom stereocenters. The van der Waals surface area contributed by atoms with Crippen LogP contribution in [-0.2, 0) is 4.79 Å².